The first-order valence-corrected chi connectivity index (χ1v) is 9.23. The van der Waals surface area contributed by atoms with Gasteiger partial charge in [0.2, 0.25) is 5.91 Å². The number of ether oxygens (including phenoxy) is 1. The van der Waals surface area contributed by atoms with E-state index in [9.17, 15) is 9.59 Å². The van der Waals surface area contributed by atoms with Gasteiger partial charge >= 0.3 is 0 Å². The first kappa shape index (κ1) is 17.9. The molecule has 138 valence electrons. The SMILES string of the molecule is CC(=O)N(C)C1CC(c2cc(NC(=O)COC3CCCCC3)[nH]n2)C1. The van der Waals surface area contributed by atoms with Crippen LogP contribution in [-0.4, -0.2) is 52.7 Å². The van der Waals surface area contributed by atoms with Crippen LogP contribution in [0.2, 0.25) is 0 Å². The molecule has 0 atom stereocenters. The van der Waals surface area contributed by atoms with Gasteiger partial charge in [-0.15, -0.1) is 0 Å². The van der Waals surface area contributed by atoms with E-state index in [-0.39, 0.29) is 24.5 Å². The van der Waals surface area contributed by atoms with Crippen molar-refractivity contribution < 1.29 is 14.3 Å². The molecule has 1 aromatic rings. The number of hydrogen-bond donors (Lipinski definition) is 2. The van der Waals surface area contributed by atoms with Crippen molar-refractivity contribution >= 4 is 17.6 Å². The maximum Gasteiger partial charge on any atom is 0.251 e. The molecule has 7 heteroatoms. The number of anilines is 1. The second kappa shape index (κ2) is 7.99. The molecular formula is C18H28N4O3. The van der Waals surface area contributed by atoms with Gasteiger partial charge in [0, 0.05) is 32.0 Å². The zero-order chi connectivity index (χ0) is 17.8. The summed E-state index contributed by atoms with van der Waals surface area (Å²) in [6.07, 6.45) is 7.82. The Labute approximate surface area is 148 Å². The minimum absolute atomic E-state index is 0.0912. The number of amides is 2. The summed E-state index contributed by atoms with van der Waals surface area (Å²) in [4.78, 5) is 25.2. The van der Waals surface area contributed by atoms with E-state index in [1.54, 1.807) is 11.8 Å². The molecule has 0 saturated heterocycles. The molecule has 25 heavy (non-hydrogen) atoms. The summed E-state index contributed by atoms with van der Waals surface area (Å²) in [5, 5.41) is 9.98. The number of nitrogens with one attached hydrogen (secondary N) is 2. The highest BCUT2D eigenvalue weighted by molar-refractivity contribution is 5.90. The minimum Gasteiger partial charge on any atom is -0.368 e. The number of rotatable bonds is 6. The van der Waals surface area contributed by atoms with Crippen molar-refractivity contribution in [3.63, 3.8) is 0 Å². The molecule has 2 N–H and O–H groups in total. The highest BCUT2D eigenvalue weighted by atomic mass is 16.5. The topological polar surface area (TPSA) is 87.3 Å². The van der Waals surface area contributed by atoms with Gasteiger partial charge in [-0.1, -0.05) is 19.3 Å². The second-order valence-corrected chi connectivity index (χ2v) is 7.28. The van der Waals surface area contributed by atoms with Gasteiger partial charge in [-0.2, -0.15) is 5.10 Å². The van der Waals surface area contributed by atoms with Crippen LogP contribution in [0.15, 0.2) is 6.07 Å². The van der Waals surface area contributed by atoms with E-state index in [1.165, 1.54) is 19.3 Å². The van der Waals surface area contributed by atoms with Gasteiger partial charge < -0.3 is 15.0 Å². The van der Waals surface area contributed by atoms with E-state index in [1.807, 2.05) is 13.1 Å². The molecular weight excluding hydrogens is 320 g/mol. The number of hydrogen-bond acceptors (Lipinski definition) is 4. The molecule has 0 radical (unpaired) electrons. The monoisotopic (exact) mass is 348 g/mol. The van der Waals surface area contributed by atoms with Gasteiger partial charge in [-0.05, 0) is 25.7 Å². The van der Waals surface area contributed by atoms with Gasteiger partial charge in [0.05, 0.1) is 11.8 Å². The molecule has 2 fully saturated rings. The molecule has 2 amide bonds. The van der Waals surface area contributed by atoms with Gasteiger partial charge in [-0.25, -0.2) is 0 Å². The fourth-order valence-electron chi connectivity index (χ4n) is 3.62. The number of carbonyl (C=O) groups is 2. The highest BCUT2D eigenvalue weighted by Gasteiger charge is 2.35. The average molecular weight is 348 g/mol. The van der Waals surface area contributed by atoms with Gasteiger partial charge in [0.15, 0.2) is 0 Å². The molecule has 2 aliphatic carbocycles. The summed E-state index contributed by atoms with van der Waals surface area (Å²) in [5.74, 6) is 0.891. The molecule has 2 saturated carbocycles. The normalized spacial score (nSPS) is 23.8. The lowest BCUT2D eigenvalue weighted by molar-refractivity contribution is -0.131. The van der Waals surface area contributed by atoms with Crippen molar-refractivity contribution in [3.05, 3.63) is 11.8 Å². The number of H-pyrrole nitrogens is 1. The standard InChI is InChI=1S/C18H28N4O3/c1-12(23)22(2)14-8-13(9-14)16-10-17(21-20-16)19-18(24)11-25-15-6-4-3-5-7-15/h10,13-15H,3-9,11H2,1-2H3,(H2,19,20,21,24). The van der Waals surface area contributed by atoms with Crippen LogP contribution in [0, 0.1) is 0 Å². The van der Waals surface area contributed by atoms with Crippen LogP contribution in [0.5, 0.6) is 0 Å². The van der Waals surface area contributed by atoms with Crippen molar-refractivity contribution in [3.8, 4) is 0 Å². The quantitative estimate of drug-likeness (QED) is 0.826. The average Bonchev–Trinajstić information content (AvgIpc) is 3.00. The van der Waals surface area contributed by atoms with Gasteiger partial charge in [-0.3, -0.25) is 14.7 Å². The Morgan fingerprint density at radius 1 is 1.32 bits per heavy atom. The Kier molecular flexibility index (Phi) is 5.73. The lowest BCUT2D eigenvalue weighted by Gasteiger charge is -2.40. The number of carbonyl (C=O) groups excluding carboxylic acids is 2. The molecule has 2 aliphatic rings. The minimum atomic E-state index is -0.149. The van der Waals surface area contributed by atoms with Crippen LogP contribution in [0.1, 0.15) is 63.5 Å². The van der Waals surface area contributed by atoms with Crippen molar-refractivity contribution in [1.82, 2.24) is 15.1 Å². The first-order chi connectivity index (χ1) is 12.0. The zero-order valence-corrected chi connectivity index (χ0v) is 15.1. The molecule has 1 aromatic heterocycles. The molecule has 0 spiro atoms. The molecule has 0 aliphatic heterocycles. The summed E-state index contributed by atoms with van der Waals surface area (Å²) in [7, 11) is 1.84. The highest BCUT2D eigenvalue weighted by Crippen LogP contribution is 2.39. The maximum atomic E-state index is 12.0. The Hall–Kier alpha value is -1.89. The Bertz CT molecular complexity index is 603. The van der Waals surface area contributed by atoms with Crippen molar-refractivity contribution in [2.45, 2.75) is 69.9 Å². The van der Waals surface area contributed by atoms with Crippen LogP contribution in [0.25, 0.3) is 0 Å². The summed E-state index contributed by atoms with van der Waals surface area (Å²) < 4.78 is 5.68. The summed E-state index contributed by atoms with van der Waals surface area (Å²) in [6.45, 7) is 1.68. The van der Waals surface area contributed by atoms with Crippen LogP contribution in [0.4, 0.5) is 5.82 Å². The van der Waals surface area contributed by atoms with Gasteiger partial charge in [0.25, 0.3) is 5.91 Å². The predicted molar refractivity (Wildman–Crippen MR) is 94.2 cm³/mol. The fourth-order valence-corrected chi connectivity index (χ4v) is 3.62. The lowest BCUT2D eigenvalue weighted by atomic mass is 9.77. The van der Waals surface area contributed by atoms with E-state index < -0.39 is 0 Å². The number of aromatic amines is 1. The maximum absolute atomic E-state index is 12.0. The Morgan fingerprint density at radius 2 is 2.04 bits per heavy atom. The number of nitrogens with zero attached hydrogens (tertiary/aromatic N) is 2. The third-order valence-electron chi connectivity index (χ3n) is 5.45. The molecule has 1 heterocycles. The van der Waals surface area contributed by atoms with E-state index >= 15 is 0 Å². The van der Waals surface area contributed by atoms with E-state index in [2.05, 4.69) is 15.5 Å². The third kappa shape index (κ3) is 4.60. The summed E-state index contributed by atoms with van der Waals surface area (Å²) >= 11 is 0. The Balaban J connectivity index is 1.41. The van der Waals surface area contributed by atoms with E-state index in [4.69, 9.17) is 4.74 Å². The van der Waals surface area contributed by atoms with Crippen molar-refractivity contribution in [1.29, 1.82) is 0 Å². The second-order valence-electron chi connectivity index (χ2n) is 7.28. The van der Waals surface area contributed by atoms with Crippen LogP contribution in [0.3, 0.4) is 0 Å². The predicted octanol–water partition coefficient (Wildman–Crippen LogP) is 2.42. The summed E-state index contributed by atoms with van der Waals surface area (Å²) in [5.41, 5.74) is 0.941. The van der Waals surface area contributed by atoms with E-state index in [0.29, 0.717) is 17.8 Å². The fraction of sp³-hybridized carbons (Fsp3) is 0.722. The van der Waals surface area contributed by atoms with Crippen LogP contribution in [-0.2, 0) is 14.3 Å². The van der Waals surface area contributed by atoms with E-state index in [0.717, 1.165) is 31.4 Å². The summed E-state index contributed by atoms with van der Waals surface area (Å²) in [6, 6.07) is 2.17. The molecule has 7 nitrogen and oxygen atoms in total. The molecule has 0 aromatic carbocycles. The molecule has 0 bridgehead atoms. The Morgan fingerprint density at radius 3 is 2.72 bits per heavy atom. The number of aromatic nitrogens is 2. The molecule has 3 rings (SSSR count). The first-order valence-electron chi connectivity index (χ1n) is 9.23. The smallest absolute Gasteiger partial charge is 0.251 e. The largest absolute Gasteiger partial charge is 0.368 e. The van der Waals surface area contributed by atoms with Gasteiger partial charge in [0.1, 0.15) is 12.4 Å². The third-order valence-corrected chi connectivity index (χ3v) is 5.45. The van der Waals surface area contributed by atoms with Crippen LogP contribution >= 0.6 is 0 Å². The van der Waals surface area contributed by atoms with Crippen molar-refractivity contribution in [2.75, 3.05) is 19.0 Å². The van der Waals surface area contributed by atoms with Crippen LogP contribution < -0.4 is 5.32 Å². The van der Waals surface area contributed by atoms with Crippen molar-refractivity contribution in [2.24, 2.45) is 0 Å². The zero-order valence-electron chi connectivity index (χ0n) is 15.1. The molecule has 0 unspecified atom stereocenters. The lowest BCUT2D eigenvalue weighted by Crippen LogP contribution is -2.43.